The van der Waals surface area contributed by atoms with Gasteiger partial charge in [-0.25, -0.2) is 4.98 Å². The Balaban J connectivity index is 2.40. The third kappa shape index (κ3) is 2.95. The Labute approximate surface area is 110 Å². The fourth-order valence-corrected chi connectivity index (χ4v) is 1.17. The van der Waals surface area contributed by atoms with Crippen molar-refractivity contribution in [3.63, 3.8) is 0 Å². The van der Waals surface area contributed by atoms with Gasteiger partial charge in [0.25, 0.3) is 5.95 Å². The second kappa shape index (κ2) is 4.89. The number of hydrogen-bond acceptors (Lipinski definition) is 7. The maximum atomic E-state index is 5.53. The molecule has 0 saturated heterocycles. The lowest BCUT2D eigenvalue weighted by Gasteiger charge is -2.18. The number of terminal acetylenes is 1. The lowest BCUT2D eigenvalue weighted by Crippen LogP contribution is -2.27. The van der Waals surface area contributed by atoms with Gasteiger partial charge in [-0.2, -0.15) is 24.7 Å². The number of aromatic nitrogens is 6. The maximum Gasteiger partial charge on any atom is 0.324 e. The number of hydrogen-bond donors (Lipinski definition) is 1. The van der Waals surface area contributed by atoms with E-state index in [1.165, 1.54) is 17.3 Å². The average molecular weight is 259 g/mol. The molecule has 19 heavy (non-hydrogen) atoms. The molecule has 2 rings (SSSR count). The van der Waals surface area contributed by atoms with E-state index in [1.807, 2.05) is 0 Å². The quantitative estimate of drug-likeness (QED) is 0.789. The highest BCUT2D eigenvalue weighted by molar-refractivity contribution is 5.29. The molecule has 8 nitrogen and oxygen atoms in total. The van der Waals surface area contributed by atoms with Crippen molar-refractivity contribution in [1.82, 2.24) is 29.7 Å². The van der Waals surface area contributed by atoms with Crippen molar-refractivity contribution in [2.24, 2.45) is 0 Å². The topological polar surface area (TPSA) is 90.6 Å². The first-order chi connectivity index (χ1) is 9.04. The van der Waals surface area contributed by atoms with Gasteiger partial charge < -0.3 is 10.1 Å². The van der Waals surface area contributed by atoms with Crippen LogP contribution in [0.25, 0.3) is 5.95 Å². The van der Waals surface area contributed by atoms with E-state index in [4.69, 9.17) is 11.2 Å². The van der Waals surface area contributed by atoms with E-state index in [-0.39, 0.29) is 6.01 Å². The summed E-state index contributed by atoms with van der Waals surface area (Å²) in [4.78, 5) is 16.2. The van der Waals surface area contributed by atoms with Crippen LogP contribution in [0, 0.1) is 12.3 Å². The van der Waals surface area contributed by atoms with E-state index >= 15 is 0 Å². The summed E-state index contributed by atoms with van der Waals surface area (Å²) in [6.07, 6.45) is 8.23. The van der Waals surface area contributed by atoms with Crippen LogP contribution in [0.1, 0.15) is 13.8 Å². The van der Waals surface area contributed by atoms with E-state index in [2.05, 4.69) is 36.3 Å². The van der Waals surface area contributed by atoms with Gasteiger partial charge in [-0.1, -0.05) is 5.92 Å². The standard InChI is InChI=1S/C11H13N7O/c1-5-11(2,3)19-10-16-8(12-4)15-9(17-10)18-7-13-6-14-18/h1,6-7H,2-4H3,(H,12,15,16,17). The van der Waals surface area contributed by atoms with Crippen LogP contribution in [-0.4, -0.2) is 42.4 Å². The highest BCUT2D eigenvalue weighted by Gasteiger charge is 2.19. The van der Waals surface area contributed by atoms with Crippen LogP contribution in [0.4, 0.5) is 5.95 Å². The predicted molar refractivity (Wildman–Crippen MR) is 67.8 cm³/mol. The summed E-state index contributed by atoms with van der Waals surface area (Å²) in [7, 11) is 1.69. The zero-order valence-electron chi connectivity index (χ0n) is 10.8. The molecular weight excluding hydrogens is 246 g/mol. The number of ether oxygens (including phenoxy) is 1. The van der Waals surface area contributed by atoms with E-state index in [0.717, 1.165) is 0 Å². The van der Waals surface area contributed by atoms with Crippen LogP contribution in [0.3, 0.4) is 0 Å². The van der Waals surface area contributed by atoms with E-state index < -0.39 is 5.60 Å². The van der Waals surface area contributed by atoms with Gasteiger partial charge in [0.2, 0.25) is 5.95 Å². The largest absolute Gasteiger partial charge is 0.444 e. The van der Waals surface area contributed by atoms with Gasteiger partial charge in [0.15, 0.2) is 5.60 Å². The smallest absolute Gasteiger partial charge is 0.324 e. The first-order valence-electron chi connectivity index (χ1n) is 5.49. The van der Waals surface area contributed by atoms with Gasteiger partial charge in [0.05, 0.1) is 0 Å². The first-order valence-corrected chi connectivity index (χ1v) is 5.49. The van der Waals surface area contributed by atoms with E-state index in [9.17, 15) is 0 Å². The molecule has 0 amide bonds. The third-order valence-electron chi connectivity index (χ3n) is 2.14. The number of anilines is 1. The van der Waals surface area contributed by atoms with Crippen LogP contribution >= 0.6 is 0 Å². The molecule has 0 radical (unpaired) electrons. The molecule has 0 aromatic carbocycles. The van der Waals surface area contributed by atoms with Gasteiger partial charge in [-0.05, 0) is 13.8 Å². The molecule has 0 spiro atoms. The summed E-state index contributed by atoms with van der Waals surface area (Å²) in [6, 6.07) is 0.118. The Hall–Kier alpha value is -2.69. The molecule has 1 N–H and O–H groups in total. The molecule has 0 aliphatic carbocycles. The summed E-state index contributed by atoms with van der Waals surface area (Å²) in [5.74, 6) is 3.15. The highest BCUT2D eigenvalue weighted by atomic mass is 16.5. The van der Waals surface area contributed by atoms with Crippen LogP contribution in [0.5, 0.6) is 6.01 Å². The zero-order valence-corrected chi connectivity index (χ0v) is 10.8. The van der Waals surface area contributed by atoms with E-state index in [1.54, 1.807) is 20.9 Å². The molecule has 2 aromatic heterocycles. The van der Waals surface area contributed by atoms with Crippen LogP contribution in [0.2, 0.25) is 0 Å². The Morgan fingerprint density at radius 1 is 1.37 bits per heavy atom. The van der Waals surface area contributed by atoms with Crippen molar-refractivity contribution < 1.29 is 4.74 Å². The van der Waals surface area contributed by atoms with Gasteiger partial charge >= 0.3 is 6.01 Å². The van der Waals surface area contributed by atoms with Gasteiger partial charge in [-0.15, -0.1) is 6.42 Å². The van der Waals surface area contributed by atoms with Crippen LogP contribution in [-0.2, 0) is 0 Å². The summed E-state index contributed by atoms with van der Waals surface area (Å²) < 4.78 is 6.93. The number of nitrogens with zero attached hydrogens (tertiary/aromatic N) is 6. The third-order valence-corrected chi connectivity index (χ3v) is 2.14. The fraction of sp³-hybridized carbons (Fsp3) is 0.364. The summed E-state index contributed by atoms with van der Waals surface area (Å²) in [5, 5.41) is 6.77. The van der Waals surface area contributed by atoms with Crippen molar-refractivity contribution >= 4 is 5.95 Å². The predicted octanol–water partition coefficient (Wildman–Crippen LogP) is 0.285. The van der Waals surface area contributed by atoms with Crippen LogP contribution < -0.4 is 10.1 Å². The highest BCUT2D eigenvalue weighted by Crippen LogP contribution is 2.15. The maximum absolute atomic E-state index is 5.53. The molecule has 0 atom stereocenters. The molecule has 0 aliphatic rings. The fourth-order valence-electron chi connectivity index (χ4n) is 1.17. The monoisotopic (exact) mass is 259 g/mol. The lowest BCUT2D eigenvalue weighted by molar-refractivity contribution is 0.156. The Bertz CT molecular complexity index is 600. The zero-order chi connectivity index (χ0) is 13.9. The van der Waals surface area contributed by atoms with E-state index in [0.29, 0.717) is 11.9 Å². The normalized spacial score (nSPS) is 10.8. The molecule has 2 heterocycles. The van der Waals surface area contributed by atoms with Crippen molar-refractivity contribution in [2.45, 2.75) is 19.4 Å². The molecule has 98 valence electrons. The average Bonchev–Trinajstić information content (AvgIpc) is 2.91. The van der Waals surface area contributed by atoms with Gasteiger partial charge in [0, 0.05) is 7.05 Å². The van der Waals surface area contributed by atoms with Crippen LogP contribution in [0.15, 0.2) is 12.7 Å². The number of rotatable bonds is 4. The second-order valence-corrected chi connectivity index (χ2v) is 4.09. The summed E-state index contributed by atoms with van der Waals surface area (Å²) in [6.45, 7) is 3.48. The molecular formula is C11H13N7O. The SMILES string of the molecule is C#CC(C)(C)Oc1nc(NC)nc(-n2cncn2)n1. The molecule has 8 heteroatoms. The second-order valence-electron chi connectivity index (χ2n) is 4.09. The Morgan fingerprint density at radius 3 is 2.74 bits per heavy atom. The van der Waals surface area contributed by atoms with Crippen molar-refractivity contribution in [3.05, 3.63) is 12.7 Å². The minimum atomic E-state index is -0.813. The lowest BCUT2D eigenvalue weighted by atomic mass is 10.2. The van der Waals surface area contributed by atoms with Gasteiger partial charge in [-0.3, -0.25) is 0 Å². The minimum absolute atomic E-state index is 0.118. The molecule has 0 fully saturated rings. The Kier molecular flexibility index (Phi) is 3.29. The van der Waals surface area contributed by atoms with Crippen molar-refractivity contribution in [1.29, 1.82) is 0 Å². The number of nitrogens with one attached hydrogen (secondary N) is 1. The molecule has 0 unspecified atom stereocenters. The molecule has 0 aliphatic heterocycles. The Morgan fingerprint density at radius 2 is 2.16 bits per heavy atom. The summed E-state index contributed by atoms with van der Waals surface area (Å²) >= 11 is 0. The molecule has 2 aromatic rings. The minimum Gasteiger partial charge on any atom is -0.444 e. The molecule has 0 bridgehead atoms. The van der Waals surface area contributed by atoms with Crippen molar-refractivity contribution in [3.8, 4) is 24.3 Å². The van der Waals surface area contributed by atoms with Crippen molar-refractivity contribution in [2.75, 3.05) is 12.4 Å². The van der Waals surface area contributed by atoms with Gasteiger partial charge in [0.1, 0.15) is 12.7 Å². The summed E-state index contributed by atoms with van der Waals surface area (Å²) in [5.41, 5.74) is -0.813. The first kappa shape index (κ1) is 12.8. The molecule has 0 saturated carbocycles.